The molecule has 0 radical (unpaired) electrons. The largest absolute Gasteiger partial charge is 0.495 e. The van der Waals surface area contributed by atoms with Crippen LogP contribution in [0, 0.1) is 13.8 Å². The van der Waals surface area contributed by atoms with Gasteiger partial charge in [-0.3, -0.25) is 0 Å². The fourth-order valence-electron chi connectivity index (χ4n) is 4.80. The normalized spacial score (nSPS) is 15.3. The molecule has 3 aromatic rings. The van der Waals surface area contributed by atoms with Gasteiger partial charge in [-0.05, 0) is 55.5 Å². The highest BCUT2D eigenvalue weighted by molar-refractivity contribution is 7.89. The van der Waals surface area contributed by atoms with Gasteiger partial charge in [0, 0.05) is 31.6 Å². The summed E-state index contributed by atoms with van der Waals surface area (Å²) in [4.78, 5) is 14.8. The summed E-state index contributed by atoms with van der Waals surface area (Å²) in [6, 6.07) is 23.1. The molecule has 2 amide bonds. The Kier molecular flexibility index (Phi) is 8.19. The van der Waals surface area contributed by atoms with Crippen LogP contribution < -0.4 is 14.8 Å². The number of carbonyl (C=O) groups is 1. The first-order valence-electron chi connectivity index (χ1n) is 12.5. The van der Waals surface area contributed by atoms with E-state index in [1.165, 1.54) is 12.7 Å². The van der Waals surface area contributed by atoms with Gasteiger partial charge < -0.3 is 15.0 Å². The van der Waals surface area contributed by atoms with Gasteiger partial charge in [0.1, 0.15) is 10.6 Å². The van der Waals surface area contributed by atoms with Gasteiger partial charge in [-0.1, -0.05) is 66.2 Å². The average molecular weight is 522 g/mol. The summed E-state index contributed by atoms with van der Waals surface area (Å²) in [7, 11) is -2.34. The van der Waals surface area contributed by atoms with Crippen molar-refractivity contribution in [2.45, 2.75) is 43.5 Å². The van der Waals surface area contributed by atoms with Crippen LogP contribution in [-0.2, 0) is 22.0 Å². The Morgan fingerprint density at radius 2 is 1.59 bits per heavy atom. The summed E-state index contributed by atoms with van der Waals surface area (Å²) in [5, 5.41) is 3.01. The molecule has 0 aromatic heterocycles. The fourth-order valence-corrected chi connectivity index (χ4v) is 6.18. The molecule has 7 nitrogen and oxygen atoms in total. The number of aryl methyl sites for hydroxylation is 2. The highest BCUT2D eigenvalue weighted by Crippen LogP contribution is 2.36. The molecule has 0 bridgehead atoms. The molecule has 8 heteroatoms. The minimum Gasteiger partial charge on any atom is -0.495 e. The number of nitrogens with zero attached hydrogens (tertiary/aromatic N) is 1. The first-order chi connectivity index (χ1) is 17.7. The number of amides is 2. The molecule has 0 unspecified atom stereocenters. The van der Waals surface area contributed by atoms with Crippen LogP contribution in [0.25, 0.3) is 0 Å². The topological polar surface area (TPSA) is 87.7 Å². The number of rotatable bonds is 8. The number of hydrogen-bond acceptors (Lipinski definition) is 4. The molecule has 1 saturated heterocycles. The zero-order valence-corrected chi connectivity index (χ0v) is 22.5. The maximum atomic E-state index is 13.3. The van der Waals surface area contributed by atoms with Gasteiger partial charge in [-0.15, -0.1) is 0 Å². The second kappa shape index (κ2) is 11.4. The zero-order valence-electron chi connectivity index (χ0n) is 21.7. The number of ether oxygens (including phenoxy) is 1. The van der Waals surface area contributed by atoms with E-state index < -0.39 is 15.4 Å². The summed E-state index contributed by atoms with van der Waals surface area (Å²) in [6.07, 6.45) is 1.28. The van der Waals surface area contributed by atoms with Gasteiger partial charge in [0.2, 0.25) is 10.0 Å². The maximum absolute atomic E-state index is 13.3. The third-order valence-corrected chi connectivity index (χ3v) is 8.59. The quantitative estimate of drug-likeness (QED) is 0.456. The van der Waals surface area contributed by atoms with Crippen molar-refractivity contribution in [2.75, 3.05) is 26.7 Å². The Balaban J connectivity index is 1.47. The van der Waals surface area contributed by atoms with Crippen LogP contribution in [0.15, 0.2) is 77.7 Å². The van der Waals surface area contributed by atoms with Gasteiger partial charge in [0.15, 0.2) is 0 Å². The number of likely N-dealkylation sites (tertiary alicyclic amines) is 1. The molecule has 1 heterocycles. The molecular formula is C29H35N3O4S. The van der Waals surface area contributed by atoms with Gasteiger partial charge in [-0.25, -0.2) is 17.9 Å². The van der Waals surface area contributed by atoms with Crippen molar-refractivity contribution < 1.29 is 17.9 Å². The van der Waals surface area contributed by atoms with E-state index in [1.807, 2.05) is 79.4 Å². The fraction of sp³-hybridized carbons (Fsp3) is 0.345. The monoisotopic (exact) mass is 521 g/mol. The van der Waals surface area contributed by atoms with Gasteiger partial charge >= 0.3 is 6.03 Å². The predicted octanol–water partition coefficient (Wildman–Crippen LogP) is 4.53. The lowest BCUT2D eigenvalue weighted by atomic mass is 9.73. The van der Waals surface area contributed by atoms with Crippen molar-refractivity contribution in [3.05, 3.63) is 95.1 Å². The van der Waals surface area contributed by atoms with Crippen LogP contribution in [0.3, 0.4) is 0 Å². The van der Waals surface area contributed by atoms with Crippen LogP contribution in [0.1, 0.15) is 35.1 Å². The second-order valence-corrected chi connectivity index (χ2v) is 11.5. The predicted molar refractivity (Wildman–Crippen MR) is 145 cm³/mol. The lowest BCUT2D eigenvalue weighted by molar-refractivity contribution is 0.157. The van der Waals surface area contributed by atoms with E-state index in [2.05, 4.69) is 10.0 Å². The van der Waals surface area contributed by atoms with Crippen molar-refractivity contribution >= 4 is 16.1 Å². The number of piperidine rings is 1. The molecule has 1 aliphatic heterocycles. The molecule has 0 saturated carbocycles. The molecule has 196 valence electrons. The summed E-state index contributed by atoms with van der Waals surface area (Å²) >= 11 is 0. The van der Waals surface area contributed by atoms with E-state index in [9.17, 15) is 13.2 Å². The number of hydrogen-bond donors (Lipinski definition) is 2. The van der Waals surface area contributed by atoms with Crippen molar-refractivity contribution in [3.8, 4) is 5.75 Å². The van der Waals surface area contributed by atoms with Crippen LogP contribution >= 0.6 is 0 Å². The molecule has 1 aliphatic rings. The Hall–Kier alpha value is -3.36. The Labute approximate surface area is 219 Å². The number of carbonyl (C=O) groups excluding carboxylic acids is 1. The highest BCUT2D eigenvalue weighted by Gasteiger charge is 2.38. The number of urea groups is 1. The van der Waals surface area contributed by atoms with Gasteiger partial charge in [-0.2, -0.15) is 0 Å². The van der Waals surface area contributed by atoms with E-state index in [1.54, 1.807) is 12.1 Å². The molecule has 4 rings (SSSR count). The standard InChI is InChI=1S/C29H35N3O4S/c1-22-9-12-24(13-10-22)20-30-28(33)32-17-15-29(16-18-32,25-7-5-4-6-8-25)21-31-37(34,35)27-19-23(2)11-14-26(27)36-3/h4-14,19,31H,15-18,20-21H2,1-3H3,(H,30,33). The Morgan fingerprint density at radius 3 is 2.24 bits per heavy atom. The zero-order chi connectivity index (χ0) is 26.5. The summed E-state index contributed by atoms with van der Waals surface area (Å²) < 4.78 is 34.8. The van der Waals surface area contributed by atoms with Crippen LogP contribution in [0.5, 0.6) is 5.75 Å². The van der Waals surface area contributed by atoms with Gasteiger partial charge in [0.05, 0.1) is 7.11 Å². The Bertz CT molecular complexity index is 1320. The maximum Gasteiger partial charge on any atom is 0.317 e. The van der Waals surface area contributed by atoms with E-state index in [0.717, 1.165) is 16.7 Å². The van der Waals surface area contributed by atoms with E-state index in [4.69, 9.17) is 4.74 Å². The molecule has 2 N–H and O–H groups in total. The molecule has 0 spiro atoms. The first-order valence-corrected chi connectivity index (χ1v) is 14.0. The first kappa shape index (κ1) is 26.7. The summed E-state index contributed by atoms with van der Waals surface area (Å²) in [5.41, 5.74) is 3.70. The van der Waals surface area contributed by atoms with Crippen LogP contribution in [0.4, 0.5) is 4.79 Å². The van der Waals surface area contributed by atoms with Crippen LogP contribution in [-0.4, -0.2) is 46.1 Å². The number of benzene rings is 3. The van der Waals surface area contributed by atoms with Crippen molar-refractivity contribution in [2.24, 2.45) is 0 Å². The molecule has 3 aromatic carbocycles. The van der Waals surface area contributed by atoms with Gasteiger partial charge in [0.25, 0.3) is 0 Å². The average Bonchev–Trinajstić information content (AvgIpc) is 2.92. The second-order valence-electron chi connectivity index (χ2n) is 9.76. The van der Waals surface area contributed by atoms with E-state index >= 15 is 0 Å². The number of nitrogens with one attached hydrogen (secondary N) is 2. The number of sulfonamides is 1. The lowest BCUT2D eigenvalue weighted by Crippen LogP contribution is -2.52. The molecule has 37 heavy (non-hydrogen) atoms. The van der Waals surface area contributed by atoms with Crippen molar-refractivity contribution in [1.29, 1.82) is 0 Å². The molecular weight excluding hydrogens is 486 g/mol. The van der Waals surface area contributed by atoms with E-state index in [-0.39, 0.29) is 17.5 Å². The lowest BCUT2D eigenvalue weighted by Gasteiger charge is -2.42. The minimum absolute atomic E-state index is 0.104. The molecule has 0 atom stereocenters. The summed E-state index contributed by atoms with van der Waals surface area (Å²) in [5.74, 6) is 0.312. The third-order valence-electron chi connectivity index (χ3n) is 7.17. The Morgan fingerprint density at radius 1 is 0.946 bits per heavy atom. The summed E-state index contributed by atoms with van der Waals surface area (Å²) in [6.45, 7) is 5.65. The van der Waals surface area contributed by atoms with Crippen molar-refractivity contribution in [1.82, 2.24) is 14.9 Å². The van der Waals surface area contributed by atoms with Crippen molar-refractivity contribution in [3.63, 3.8) is 0 Å². The third kappa shape index (κ3) is 6.32. The minimum atomic E-state index is -3.81. The SMILES string of the molecule is COc1ccc(C)cc1S(=O)(=O)NCC1(c2ccccc2)CCN(C(=O)NCc2ccc(C)cc2)CC1. The van der Waals surface area contributed by atoms with E-state index in [0.29, 0.717) is 38.2 Å². The smallest absolute Gasteiger partial charge is 0.317 e. The molecule has 0 aliphatic carbocycles. The number of methoxy groups -OCH3 is 1. The molecule has 1 fully saturated rings. The van der Waals surface area contributed by atoms with Crippen LogP contribution in [0.2, 0.25) is 0 Å². The highest BCUT2D eigenvalue weighted by atomic mass is 32.2.